The minimum Gasteiger partial charge on any atom is -0.325 e. The van der Waals surface area contributed by atoms with Crippen LogP contribution in [0.5, 0.6) is 0 Å². The number of nitrogens with zero attached hydrogens (tertiary/aromatic N) is 2. The highest BCUT2D eigenvalue weighted by atomic mass is 19.1. The standard InChI is InChI=1S/C14H14FN3O2/c1-2-10-8-11(4-5-12(10)15)17-13(19)9-18-7-3-6-16-14(18)20/h3-8H,2,9H2,1H3,(H,17,19). The van der Waals surface area contributed by atoms with Crippen LogP contribution < -0.4 is 11.0 Å². The molecule has 0 fully saturated rings. The van der Waals surface area contributed by atoms with Crippen LogP contribution in [-0.4, -0.2) is 15.5 Å². The maximum Gasteiger partial charge on any atom is 0.347 e. The molecule has 0 atom stereocenters. The molecule has 0 aliphatic heterocycles. The Morgan fingerprint density at radius 2 is 2.25 bits per heavy atom. The quantitative estimate of drug-likeness (QED) is 0.921. The number of nitrogens with one attached hydrogen (secondary N) is 1. The number of hydrogen-bond acceptors (Lipinski definition) is 3. The maximum absolute atomic E-state index is 13.3. The first-order valence-electron chi connectivity index (χ1n) is 6.20. The largest absolute Gasteiger partial charge is 0.347 e. The van der Waals surface area contributed by atoms with Crippen molar-refractivity contribution in [3.63, 3.8) is 0 Å². The molecule has 0 radical (unpaired) electrons. The molecule has 6 heteroatoms. The fourth-order valence-corrected chi connectivity index (χ4v) is 1.79. The Hall–Kier alpha value is -2.50. The highest BCUT2D eigenvalue weighted by molar-refractivity contribution is 5.90. The van der Waals surface area contributed by atoms with E-state index in [1.807, 2.05) is 6.92 Å². The van der Waals surface area contributed by atoms with E-state index in [0.29, 0.717) is 17.7 Å². The normalized spacial score (nSPS) is 10.3. The molecular weight excluding hydrogens is 261 g/mol. The van der Waals surface area contributed by atoms with Crippen molar-refractivity contribution in [1.29, 1.82) is 0 Å². The molecule has 104 valence electrons. The van der Waals surface area contributed by atoms with Crippen LogP contribution in [-0.2, 0) is 17.8 Å². The molecule has 0 saturated heterocycles. The Labute approximate surface area is 115 Å². The number of amides is 1. The van der Waals surface area contributed by atoms with Crippen molar-refractivity contribution >= 4 is 11.6 Å². The summed E-state index contributed by atoms with van der Waals surface area (Å²) in [7, 11) is 0. The zero-order valence-corrected chi connectivity index (χ0v) is 11.0. The second-order valence-electron chi connectivity index (χ2n) is 4.24. The second-order valence-corrected chi connectivity index (χ2v) is 4.24. The van der Waals surface area contributed by atoms with Gasteiger partial charge in [0.25, 0.3) is 0 Å². The SMILES string of the molecule is CCc1cc(NC(=O)Cn2cccnc2=O)ccc1F. The lowest BCUT2D eigenvalue weighted by Gasteiger charge is -2.08. The molecule has 0 spiro atoms. The van der Waals surface area contributed by atoms with Gasteiger partial charge in [0.05, 0.1) is 0 Å². The van der Waals surface area contributed by atoms with Crippen LogP contribution in [0.2, 0.25) is 0 Å². The van der Waals surface area contributed by atoms with Gasteiger partial charge < -0.3 is 5.32 Å². The predicted octanol–water partition coefficient (Wildman–Crippen LogP) is 1.58. The molecule has 1 aromatic heterocycles. The second kappa shape index (κ2) is 6.10. The van der Waals surface area contributed by atoms with Gasteiger partial charge in [-0.25, -0.2) is 14.2 Å². The van der Waals surface area contributed by atoms with E-state index in [2.05, 4.69) is 10.3 Å². The summed E-state index contributed by atoms with van der Waals surface area (Å²) in [6.45, 7) is 1.70. The van der Waals surface area contributed by atoms with E-state index < -0.39 is 5.69 Å². The molecule has 1 heterocycles. The van der Waals surface area contributed by atoms with E-state index >= 15 is 0 Å². The molecular formula is C14H14FN3O2. The van der Waals surface area contributed by atoms with E-state index in [0.717, 1.165) is 0 Å². The summed E-state index contributed by atoms with van der Waals surface area (Å²) in [4.78, 5) is 26.8. The van der Waals surface area contributed by atoms with Crippen molar-refractivity contribution in [2.75, 3.05) is 5.32 Å². The van der Waals surface area contributed by atoms with Crippen molar-refractivity contribution in [3.8, 4) is 0 Å². The maximum atomic E-state index is 13.3. The van der Waals surface area contributed by atoms with Crippen LogP contribution in [0.25, 0.3) is 0 Å². The smallest absolute Gasteiger partial charge is 0.325 e. The summed E-state index contributed by atoms with van der Waals surface area (Å²) in [6, 6.07) is 5.95. The third-order valence-electron chi connectivity index (χ3n) is 2.81. The first-order chi connectivity index (χ1) is 9.60. The molecule has 0 unspecified atom stereocenters. The van der Waals surface area contributed by atoms with Crippen molar-refractivity contribution < 1.29 is 9.18 Å². The zero-order valence-electron chi connectivity index (χ0n) is 11.0. The monoisotopic (exact) mass is 275 g/mol. The minimum atomic E-state index is -0.490. The van der Waals surface area contributed by atoms with Gasteiger partial charge in [-0.3, -0.25) is 9.36 Å². The van der Waals surface area contributed by atoms with Crippen LogP contribution >= 0.6 is 0 Å². The van der Waals surface area contributed by atoms with Gasteiger partial charge in [0.1, 0.15) is 12.4 Å². The summed E-state index contributed by atoms with van der Waals surface area (Å²) in [5.41, 5.74) is 0.544. The lowest BCUT2D eigenvalue weighted by Crippen LogP contribution is -2.28. The Bertz CT molecular complexity index is 682. The van der Waals surface area contributed by atoms with Crippen molar-refractivity contribution in [2.24, 2.45) is 0 Å². The number of aromatic nitrogens is 2. The van der Waals surface area contributed by atoms with E-state index in [1.165, 1.54) is 29.1 Å². The summed E-state index contributed by atoms with van der Waals surface area (Å²) < 4.78 is 14.5. The fraction of sp³-hybridized carbons (Fsp3) is 0.214. The fourth-order valence-electron chi connectivity index (χ4n) is 1.79. The first kappa shape index (κ1) is 13.9. The molecule has 20 heavy (non-hydrogen) atoms. The molecule has 0 saturated carbocycles. The third-order valence-corrected chi connectivity index (χ3v) is 2.81. The summed E-state index contributed by atoms with van der Waals surface area (Å²) in [5.74, 6) is -0.664. The highest BCUT2D eigenvalue weighted by Gasteiger charge is 2.07. The summed E-state index contributed by atoms with van der Waals surface area (Å²) in [6.07, 6.45) is 3.39. The van der Waals surface area contributed by atoms with Crippen LogP contribution in [0.3, 0.4) is 0 Å². The van der Waals surface area contributed by atoms with E-state index in [-0.39, 0.29) is 18.3 Å². The molecule has 5 nitrogen and oxygen atoms in total. The summed E-state index contributed by atoms with van der Waals surface area (Å²) >= 11 is 0. The van der Waals surface area contributed by atoms with Gasteiger partial charge in [-0.05, 0) is 36.2 Å². The molecule has 0 bridgehead atoms. The molecule has 2 rings (SSSR count). The van der Waals surface area contributed by atoms with Gasteiger partial charge in [-0.2, -0.15) is 0 Å². The number of carbonyl (C=O) groups is 1. The molecule has 0 aliphatic carbocycles. The Kier molecular flexibility index (Phi) is 4.24. The van der Waals surface area contributed by atoms with Crippen LogP contribution in [0.4, 0.5) is 10.1 Å². The number of aryl methyl sites for hydroxylation is 1. The number of benzene rings is 1. The van der Waals surface area contributed by atoms with E-state index in [9.17, 15) is 14.0 Å². The minimum absolute atomic E-state index is 0.133. The van der Waals surface area contributed by atoms with Crippen molar-refractivity contribution in [1.82, 2.24) is 9.55 Å². The molecule has 0 aliphatic rings. The molecule has 2 aromatic rings. The topological polar surface area (TPSA) is 64.0 Å². The van der Waals surface area contributed by atoms with Gasteiger partial charge in [-0.1, -0.05) is 6.92 Å². The lowest BCUT2D eigenvalue weighted by atomic mass is 10.1. The number of halogens is 1. The number of carbonyl (C=O) groups excluding carboxylic acids is 1. The molecule has 1 aromatic carbocycles. The van der Waals surface area contributed by atoms with Gasteiger partial charge in [0.2, 0.25) is 5.91 Å². The van der Waals surface area contributed by atoms with Crippen molar-refractivity contribution in [3.05, 3.63) is 58.5 Å². The van der Waals surface area contributed by atoms with Gasteiger partial charge in [-0.15, -0.1) is 0 Å². The van der Waals surface area contributed by atoms with Crippen LogP contribution in [0, 0.1) is 5.82 Å². The highest BCUT2D eigenvalue weighted by Crippen LogP contribution is 2.15. The number of anilines is 1. The lowest BCUT2D eigenvalue weighted by molar-refractivity contribution is -0.116. The van der Waals surface area contributed by atoms with Gasteiger partial charge >= 0.3 is 5.69 Å². The predicted molar refractivity (Wildman–Crippen MR) is 72.9 cm³/mol. The van der Waals surface area contributed by atoms with E-state index in [1.54, 1.807) is 12.1 Å². The average Bonchev–Trinajstić information content (AvgIpc) is 2.43. The van der Waals surface area contributed by atoms with Crippen LogP contribution in [0.15, 0.2) is 41.5 Å². The molecule has 1 N–H and O–H groups in total. The summed E-state index contributed by atoms with van der Waals surface area (Å²) in [5, 5.41) is 2.63. The number of hydrogen-bond donors (Lipinski definition) is 1. The zero-order chi connectivity index (χ0) is 14.5. The third kappa shape index (κ3) is 3.28. The van der Waals surface area contributed by atoms with Crippen LogP contribution in [0.1, 0.15) is 12.5 Å². The van der Waals surface area contributed by atoms with Gasteiger partial charge in [0.15, 0.2) is 0 Å². The van der Waals surface area contributed by atoms with Crippen molar-refractivity contribution in [2.45, 2.75) is 19.9 Å². The Morgan fingerprint density at radius 1 is 1.45 bits per heavy atom. The Morgan fingerprint density at radius 3 is 2.95 bits per heavy atom. The molecule has 1 amide bonds. The first-order valence-corrected chi connectivity index (χ1v) is 6.20. The average molecular weight is 275 g/mol. The number of rotatable bonds is 4. The van der Waals surface area contributed by atoms with Gasteiger partial charge in [0, 0.05) is 18.1 Å². The Balaban J connectivity index is 2.09. The van der Waals surface area contributed by atoms with E-state index in [4.69, 9.17) is 0 Å².